The van der Waals surface area contributed by atoms with Crippen molar-refractivity contribution in [2.45, 2.75) is 57.2 Å². The maximum Gasteiger partial charge on any atom is 0.303 e. The first kappa shape index (κ1) is 21.8. The van der Waals surface area contributed by atoms with Crippen LogP contribution in [0.4, 0.5) is 0 Å². The van der Waals surface area contributed by atoms with E-state index in [1.165, 1.54) is 4.70 Å². The van der Waals surface area contributed by atoms with Gasteiger partial charge in [-0.3, -0.25) is 4.79 Å². The highest BCUT2D eigenvalue weighted by molar-refractivity contribution is 7.19. The molecule has 4 atom stereocenters. The number of rotatable bonds is 10. The van der Waals surface area contributed by atoms with Gasteiger partial charge >= 0.3 is 5.97 Å². The van der Waals surface area contributed by atoms with Gasteiger partial charge in [0.05, 0.1) is 12.2 Å². The van der Waals surface area contributed by atoms with E-state index in [-0.39, 0.29) is 18.3 Å². The van der Waals surface area contributed by atoms with Crippen LogP contribution in [0.2, 0.25) is 0 Å². The summed E-state index contributed by atoms with van der Waals surface area (Å²) < 4.78 is 1.19. The van der Waals surface area contributed by atoms with Crippen molar-refractivity contribution in [1.29, 1.82) is 0 Å². The average Bonchev–Trinajstić information content (AvgIpc) is 3.23. The lowest BCUT2D eigenvalue weighted by atomic mass is 9.85. The van der Waals surface area contributed by atoms with Gasteiger partial charge in [-0.05, 0) is 67.9 Å². The minimum absolute atomic E-state index is 0.118. The molecule has 3 N–H and O–H groups in total. The second-order valence-electron chi connectivity index (χ2n) is 7.97. The Morgan fingerprint density at radius 3 is 2.86 bits per heavy atom. The van der Waals surface area contributed by atoms with Crippen molar-refractivity contribution in [2.75, 3.05) is 0 Å². The van der Waals surface area contributed by atoms with Crippen LogP contribution >= 0.6 is 11.3 Å². The number of hydrogen-bond acceptors (Lipinski definition) is 4. The number of aliphatic carboxylic acids is 1. The molecule has 1 fully saturated rings. The van der Waals surface area contributed by atoms with E-state index in [2.05, 4.69) is 30.9 Å². The van der Waals surface area contributed by atoms with Crippen LogP contribution in [-0.4, -0.2) is 27.4 Å². The maximum absolute atomic E-state index is 10.7. The summed E-state index contributed by atoms with van der Waals surface area (Å²) in [6, 6.07) is 10.2. The predicted molar refractivity (Wildman–Crippen MR) is 118 cm³/mol. The van der Waals surface area contributed by atoms with Crippen LogP contribution in [0.5, 0.6) is 0 Å². The summed E-state index contributed by atoms with van der Waals surface area (Å²) in [5.74, 6) is -0.441. The Kier molecular flexibility index (Phi) is 7.64. The van der Waals surface area contributed by atoms with Crippen LogP contribution in [0, 0.1) is 11.8 Å². The van der Waals surface area contributed by atoms with Crippen molar-refractivity contribution in [3.8, 4) is 0 Å². The molecule has 0 bridgehead atoms. The third kappa shape index (κ3) is 5.78. The number of aliphatic hydroxyl groups excluding tert-OH is 2. The molecule has 1 aliphatic carbocycles. The molecule has 0 spiro atoms. The summed E-state index contributed by atoms with van der Waals surface area (Å²) in [5, 5.41) is 31.0. The molecular weight excluding hydrogens is 384 g/mol. The molecule has 3 rings (SSSR count). The zero-order valence-electron chi connectivity index (χ0n) is 16.7. The standard InChI is InChI=1S/C24H30O4S/c1-16-14-21(26)19(9-4-2-3-5-11-24(27)28)18(16)12-13-20(25)23-15-17-8-6-7-10-22(17)29-23/h2,4,6-8,10,15,18-21,25-26H,1,3,5,9,11-14H2,(H,27,28)/t18-,19+,20?,21-/m0/s1. The molecule has 29 heavy (non-hydrogen) atoms. The number of carboxylic acids is 1. The van der Waals surface area contributed by atoms with E-state index < -0.39 is 18.2 Å². The van der Waals surface area contributed by atoms with Gasteiger partial charge in [0, 0.05) is 16.0 Å². The first-order valence-electron chi connectivity index (χ1n) is 10.3. The van der Waals surface area contributed by atoms with Crippen LogP contribution in [0.15, 0.2) is 54.6 Å². The topological polar surface area (TPSA) is 77.8 Å². The van der Waals surface area contributed by atoms with Gasteiger partial charge < -0.3 is 15.3 Å². The number of unbranched alkanes of at least 4 members (excludes halogenated alkanes) is 1. The lowest BCUT2D eigenvalue weighted by Gasteiger charge is -2.22. The largest absolute Gasteiger partial charge is 0.481 e. The summed E-state index contributed by atoms with van der Waals surface area (Å²) in [4.78, 5) is 11.5. The second kappa shape index (κ2) is 10.2. The maximum atomic E-state index is 10.7. The number of benzene rings is 1. The highest BCUT2D eigenvalue weighted by Crippen LogP contribution is 2.42. The van der Waals surface area contributed by atoms with Gasteiger partial charge in [-0.25, -0.2) is 0 Å². The minimum atomic E-state index is -0.766. The molecule has 2 aromatic rings. The number of carbonyl (C=O) groups is 1. The summed E-state index contributed by atoms with van der Waals surface area (Å²) in [6.45, 7) is 4.17. The smallest absolute Gasteiger partial charge is 0.303 e. The summed E-state index contributed by atoms with van der Waals surface area (Å²) in [6.07, 6.45) is 7.60. The number of fused-ring (bicyclic) bond motifs is 1. The summed E-state index contributed by atoms with van der Waals surface area (Å²) >= 11 is 1.64. The number of thiophene rings is 1. The van der Waals surface area contributed by atoms with Crippen molar-refractivity contribution >= 4 is 27.4 Å². The number of hydrogen-bond donors (Lipinski definition) is 3. The summed E-state index contributed by atoms with van der Waals surface area (Å²) in [7, 11) is 0. The molecule has 1 saturated carbocycles. The van der Waals surface area contributed by atoms with Crippen LogP contribution in [0.1, 0.15) is 55.9 Å². The van der Waals surface area contributed by atoms with Crippen molar-refractivity contribution in [1.82, 2.24) is 0 Å². The van der Waals surface area contributed by atoms with E-state index in [4.69, 9.17) is 5.11 Å². The van der Waals surface area contributed by atoms with E-state index >= 15 is 0 Å². The van der Waals surface area contributed by atoms with Crippen molar-refractivity contribution in [3.05, 3.63) is 59.5 Å². The molecule has 1 aliphatic rings. The molecule has 0 saturated heterocycles. The Hall–Kier alpha value is -1.95. The van der Waals surface area contributed by atoms with Crippen LogP contribution in [0.25, 0.3) is 10.1 Å². The molecule has 4 nitrogen and oxygen atoms in total. The first-order valence-corrected chi connectivity index (χ1v) is 11.2. The molecule has 1 aromatic heterocycles. The number of carboxylic acid groups (broad SMARTS) is 1. The molecular formula is C24H30O4S. The van der Waals surface area contributed by atoms with Gasteiger partial charge in [-0.15, -0.1) is 11.3 Å². The van der Waals surface area contributed by atoms with E-state index in [1.54, 1.807) is 11.3 Å². The Bertz CT molecular complexity index is 836. The Morgan fingerprint density at radius 2 is 2.10 bits per heavy atom. The van der Waals surface area contributed by atoms with Gasteiger partial charge in [0.2, 0.25) is 0 Å². The summed E-state index contributed by atoms with van der Waals surface area (Å²) in [5.41, 5.74) is 1.07. The molecule has 0 amide bonds. The van der Waals surface area contributed by atoms with E-state index in [0.29, 0.717) is 19.3 Å². The fourth-order valence-corrected chi connectivity index (χ4v) is 5.36. The molecule has 156 valence electrons. The van der Waals surface area contributed by atoms with E-state index in [1.807, 2.05) is 18.2 Å². The number of aliphatic hydroxyl groups is 2. The lowest BCUT2D eigenvalue weighted by Crippen LogP contribution is -2.19. The normalized spacial score (nSPS) is 23.2. The molecule has 0 radical (unpaired) electrons. The third-order valence-corrected chi connectivity index (χ3v) is 7.08. The zero-order chi connectivity index (χ0) is 20.8. The Labute approximate surface area is 176 Å². The quantitative estimate of drug-likeness (QED) is 0.356. The number of allylic oxidation sites excluding steroid dienone is 2. The van der Waals surface area contributed by atoms with Gasteiger partial charge in [0.1, 0.15) is 0 Å². The molecule has 1 heterocycles. The lowest BCUT2D eigenvalue weighted by molar-refractivity contribution is -0.137. The fourth-order valence-electron chi connectivity index (χ4n) is 4.27. The van der Waals surface area contributed by atoms with Crippen molar-refractivity contribution in [2.24, 2.45) is 11.8 Å². The Balaban J connectivity index is 1.53. The second-order valence-corrected chi connectivity index (χ2v) is 9.09. The predicted octanol–water partition coefficient (Wildman–Crippen LogP) is 5.47. The first-order chi connectivity index (χ1) is 14.0. The van der Waals surface area contributed by atoms with Gasteiger partial charge in [-0.2, -0.15) is 0 Å². The van der Waals surface area contributed by atoms with Crippen molar-refractivity contribution < 1.29 is 20.1 Å². The molecule has 1 unspecified atom stereocenters. The van der Waals surface area contributed by atoms with Gasteiger partial charge in [0.25, 0.3) is 0 Å². The van der Waals surface area contributed by atoms with Crippen LogP contribution < -0.4 is 0 Å². The molecule has 1 aromatic carbocycles. The Morgan fingerprint density at radius 1 is 1.31 bits per heavy atom. The van der Waals surface area contributed by atoms with Crippen molar-refractivity contribution in [3.63, 3.8) is 0 Å². The monoisotopic (exact) mass is 414 g/mol. The fraction of sp³-hybridized carbons (Fsp3) is 0.458. The van der Waals surface area contributed by atoms with Gasteiger partial charge in [0.15, 0.2) is 0 Å². The van der Waals surface area contributed by atoms with Crippen LogP contribution in [-0.2, 0) is 4.79 Å². The van der Waals surface area contributed by atoms with E-state index in [9.17, 15) is 15.0 Å². The average molecular weight is 415 g/mol. The van der Waals surface area contributed by atoms with E-state index in [0.717, 1.165) is 35.1 Å². The zero-order valence-corrected chi connectivity index (χ0v) is 17.5. The van der Waals surface area contributed by atoms with Gasteiger partial charge in [-0.1, -0.05) is 42.5 Å². The highest BCUT2D eigenvalue weighted by atomic mass is 32.1. The molecule has 0 aliphatic heterocycles. The third-order valence-electron chi connectivity index (χ3n) is 5.87. The minimum Gasteiger partial charge on any atom is -0.481 e. The SMILES string of the molecule is C=C1C[C@H](O)[C@H](CC=CCCCC(=O)O)[C@H]1CCC(O)c1cc2ccccc2s1. The van der Waals surface area contributed by atoms with Crippen LogP contribution in [0.3, 0.4) is 0 Å². The molecule has 5 heteroatoms. The highest BCUT2D eigenvalue weighted by Gasteiger charge is 2.36.